The molecule has 0 saturated carbocycles. The maximum Gasteiger partial charge on any atom is 0.270 e. The summed E-state index contributed by atoms with van der Waals surface area (Å²) in [5.74, 6) is -0.323. The maximum atomic E-state index is 12.9. The van der Waals surface area contributed by atoms with E-state index in [-0.39, 0.29) is 11.5 Å². The predicted octanol–water partition coefficient (Wildman–Crippen LogP) is 3.07. The summed E-state index contributed by atoms with van der Waals surface area (Å²) in [7, 11) is 0. The Morgan fingerprint density at radius 1 is 1.16 bits per heavy atom. The van der Waals surface area contributed by atoms with Crippen LogP contribution in [0.3, 0.4) is 0 Å². The lowest BCUT2D eigenvalue weighted by Gasteiger charge is -2.03. The molecule has 1 heterocycles. The van der Waals surface area contributed by atoms with Crippen LogP contribution < -0.4 is 0 Å². The molecule has 0 bridgehead atoms. The van der Waals surface area contributed by atoms with Gasteiger partial charge in [-0.2, -0.15) is 5.10 Å². The number of nitrogens with zero attached hydrogens (tertiary/aromatic N) is 3. The summed E-state index contributed by atoms with van der Waals surface area (Å²) in [6, 6.07) is 10.4. The van der Waals surface area contributed by atoms with Gasteiger partial charge in [0.25, 0.3) is 5.69 Å². The van der Waals surface area contributed by atoms with Crippen molar-refractivity contribution in [1.29, 1.82) is 0 Å². The van der Waals surface area contributed by atoms with Crippen LogP contribution in [0.15, 0.2) is 48.7 Å². The van der Waals surface area contributed by atoms with Gasteiger partial charge in [0.2, 0.25) is 0 Å². The summed E-state index contributed by atoms with van der Waals surface area (Å²) in [5.41, 5.74) is 1.45. The molecule has 0 amide bonds. The van der Waals surface area contributed by atoms with Gasteiger partial charge in [0.1, 0.15) is 5.82 Å². The van der Waals surface area contributed by atoms with Crippen molar-refractivity contribution >= 4 is 16.6 Å². The number of halogens is 1. The number of nitro groups is 1. The molecule has 0 fully saturated rings. The lowest BCUT2D eigenvalue weighted by molar-refractivity contribution is -0.384. The Labute approximate surface area is 107 Å². The highest BCUT2D eigenvalue weighted by Crippen LogP contribution is 2.23. The van der Waals surface area contributed by atoms with E-state index in [0.29, 0.717) is 11.1 Å². The van der Waals surface area contributed by atoms with Crippen molar-refractivity contribution in [3.8, 4) is 5.69 Å². The van der Waals surface area contributed by atoms with E-state index < -0.39 is 4.92 Å². The Bertz CT molecular complexity index is 765. The predicted molar refractivity (Wildman–Crippen MR) is 67.7 cm³/mol. The van der Waals surface area contributed by atoms with E-state index in [1.54, 1.807) is 29.1 Å². The van der Waals surface area contributed by atoms with E-state index >= 15 is 0 Å². The molecule has 94 valence electrons. The largest absolute Gasteiger partial charge is 0.270 e. The van der Waals surface area contributed by atoms with Gasteiger partial charge in [0, 0.05) is 17.5 Å². The van der Waals surface area contributed by atoms with Crippen molar-refractivity contribution in [3.05, 3.63) is 64.6 Å². The highest BCUT2D eigenvalue weighted by atomic mass is 19.1. The number of hydrogen-bond donors (Lipinski definition) is 0. The first-order chi connectivity index (χ1) is 9.15. The minimum atomic E-state index is -0.450. The van der Waals surface area contributed by atoms with Gasteiger partial charge < -0.3 is 0 Å². The van der Waals surface area contributed by atoms with Crippen molar-refractivity contribution in [1.82, 2.24) is 9.78 Å². The van der Waals surface area contributed by atoms with Crippen LogP contribution in [-0.4, -0.2) is 14.7 Å². The zero-order valence-electron chi connectivity index (χ0n) is 9.65. The summed E-state index contributed by atoms with van der Waals surface area (Å²) in [6.45, 7) is 0. The second-order valence-electron chi connectivity index (χ2n) is 4.03. The van der Waals surface area contributed by atoms with E-state index in [4.69, 9.17) is 0 Å². The van der Waals surface area contributed by atoms with Crippen molar-refractivity contribution in [2.24, 2.45) is 0 Å². The van der Waals surface area contributed by atoms with Gasteiger partial charge in [-0.1, -0.05) is 0 Å². The Balaban J connectivity index is 2.15. The van der Waals surface area contributed by atoms with E-state index in [2.05, 4.69) is 5.10 Å². The van der Waals surface area contributed by atoms with Gasteiger partial charge in [0.05, 0.1) is 22.3 Å². The molecule has 5 nitrogen and oxygen atoms in total. The molecular formula is C13H8FN3O2. The molecule has 0 radical (unpaired) electrons. The molecule has 0 atom stereocenters. The zero-order chi connectivity index (χ0) is 13.4. The SMILES string of the molecule is O=[N+]([O-])c1ccc2c(cnn2-c2ccc(F)cc2)c1. The average molecular weight is 257 g/mol. The molecule has 0 aliphatic rings. The van der Waals surface area contributed by atoms with E-state index in [1.165, 1.54) is 24.3 Å². The van der Waals surface area contributed by atoms with Gasteiger partial charge in [0.15, 0.2) is 0 Å². The molecule has 0 saturated heterocycles. The van der Waals surface area contributed by atoms with Gasteiger partial charge in [-0.3, -0.25) is 10.1 Å². The maximum absolute atomic E-state index is 12.9. The molecule has 0 spiro atoms. The average Bonchev–Trinajstić information content (AvgIpc) is 2.82. The van der Waals surface area contributed by atoms with Crippen LogP contribution >= 0.6 is 0 Å². The van der Waals surface area contributed by atoms with E-state index in [9.17, 15) is 14.5 Å². The number of aromatic nitrogens is 2. The fourth-order valence-corrected chi connectivity index (χ4v) is 1.92. The van der Waals surface area contributed by atoms with Gasteiger partial charge in [-0.05, 0) is 30.3 Å². The molecule has 6 heteroatoms. The third-order valence-electron chi connectivity index (χ3n) is 2.83. The number of rotatable bonds is 2. The fraction of sp³-hybridized carbons (Fsp3) is 0. The first-order valence-electron chi connectivity index (χ1n) is 5.53. The first-order valence-corrected chi connectivity index (χ1v) is 5.53. The lowest BCUT2D eigenvalue weighted by atomic mass is 10.2. The van der Waals surface area contributed by atoms with Gasteiger partial charge in [-0.15, -0.1) is 0 Å². The standard InChI is InChI=1S/C13H8FN3O2/c14-10-1-3-11(4-2-10)16-13-6-5-12(17(18)19)7-9(13)8-15-16/h1-8H. The third-order valence-corrected chi connectivity index (χ3v) is 2.83. The molecule has 19 heavy (non-hydrogen) atoms. The van der Waals surface area contributed by atoms with Crippen molar-refractivity contribution < 1.29 is 9.31 Å². The number of non-ortho nitro benzene ring substituents is 1. The molecule has 0 unspecified atom stereocenters. The topological polar surface area (TPSA) is 61.0 Å². The second-order valence-corrected chi connectivity index (χ2v) is 4.03. The molecule has 0 N–H and O–H groups in total. The Hall–Kier alpha value is -2.76. The van der Waals surface area contributed by atoms with Crippen molar-refractivity contribution in [3.63, 3.8) is 0 Å². The van der Waals surface area contributed by atoms with Crippen molar-refractivity contribution in [2.75, 3.05) is 0 Å². The number of nitro benzene ring substituents is 1. The lowest BCUT2D eigenvalue weighted by Crippen LogP contribution is -1.96. The first kappa shape index (κ1) is 11.3. The molecule has 2 aromatic carbocycles. The summed E-state index contributed by atoms with van der Waals surface area (Å²) >= 11 is 0. The normalized spacial score (nSPS) is 10.8. The van der Waals surface area contributed by atoms with E-state index in [0.717, 1.165) is 5.52 Å². The fourth-order valence-electron chi connectivity index (χ4n) is 1.92. The van der Waals surface area contributed by atoms with Crippen LogP contribution in [0.4, 0.5) is 10.1 Å². The van der Waals surface area contributed by atoms with Crippen LogP contribution in [0.5, 0.6) is 0 Å². The molecular weight excluding hydrogens is 249 g/mol. The molecule has 0 aliphatic carbocycles. The summed E-state index contributed by atoms with van der Waals surface area (Å²) in [4.78, 5) is 10.2. The van der Waals surface area contributed by atoms with Gasteiger partial charge >= 0.3 is 0 Å². The van der Waals surface area contributed by atoms with Crippen LogP contribution in [0, 0.1) is 15.9 Å². The monoisotopic (exact) mass is 257 g/mol. The number of benzene rings is 2. The smallest absolute Gasteiger partial charge is 0.258 e. The summed E-state index contributed by atoms with van der Waals surface area (Å²) in [5, 5.41) is 15.5. The van der Waals surface area contributed by atoms with Crippen LogP contribution in [0.1, 0.15) is 0 Å². The van der Waals surface area contributed by atoms with Crippen LogP contribution in [0.2, 0.25) is 0 Å². The molecule has 3 aromatic rings. The van der Waals surface area contributed by atoms with Crippen LogP contribution in [0.25, 0.3) is 16.6 Å². The third kappa shape index (κ3) is 1.93. The molecule has 1 aromatic heterocycles. The quantitative estimate of drug-likeness (QED) is 0.523. The summed E-state index contributed by atoms with van der Waals surface area (Å²) < 4.78 is 14.5. The Kier molecular flexibility index (Phi) is 2.49. The highest BCUT2D eigenvalue weighted by molar-refractivity contribution is 5.82. The minimum Gasteiger partial charge on any atom is -0.258 e. The molecule has 0 aliphatic heterocycles. The minimum absolute atomic E-state index is 0.0196. The van der Waals surface area contributed by atoms with Crippen LogP contribution in [-0.2, 0) is 0 Å². The van der Waals surface area contributed by atoms with Crippen molar-refractivity contribution in [2.45, 2.75) is 0 Å². The Morgan fingerprint density at radius 2 is 1.89 bits per heavy atom. The molecule has 3 rings (SSSR count). The van der Waals surface area contributed by atoms with Gasteiger partial charge in [-0.25, -0.2) is 9.07 Å². The van der Waals surface area contributed by atoms with E-state index in [1.807, 2.05) is 0 Å². The Morgan fingerprint density at radius 3 is 2.58 bits per heavy atom. The second kappa shape index (κ2) is 4.16. The number of hydrogen-bond acceptors (Lipinski definition) is 3. The summed E-state index contributed by atoms with van der Waals surface area (Å²) in [6.07, 6.45) is 1.55. The number of fused-ring (bicyclic) bond motifs is 1. The zero-order valence-corrected chi connectivity index (χ0v) is 9.65. The highest BCUT2D eigenvalue weighted by Gasteiger charge is 2.10.